The van der Waals surface area contributed by atoms with Gasteiger partial charge in [0.05, 0.1) is 6.10 Å². The van der Waals surface area contributed by atoms with Gasteiger partial charge in [-0.05, 0) is 50.8 Å². The summed E-state index contributed by atoms with van der Waals surface area (Å²) in [6.45, 7) is 13.1. The molecule has 0 fully saturated rings. The van der Waals surface area contributed by atoms with Crippen molar-refractivity contribution in [1.82, 2.24) is 5.32 Å². The Morgan fingerprint density at radius 3 is 2.32 bits per heavy atom. The van der Waals surface area contributed by atoms with Crippen LogP contribution in [0.1, 0.15) is 59.6 Å². The molecular weight excluding hydrogens is 234 g/mol. The Labute approximate surface area is 118 Å². The average molecular weight is 263 g/mol. The predicted octanol–water partition coefficient (Wildman–Crippen LogP) is 4.56. The van der Waals surface area contributed by atoms with Gasteiger partial charge >= 0.3 is 0 Å². The van der Waals surface area contributed by atoms with E-state index in [2.05, 4.69) is 65.1 Å². The molecule has 2 atom stereocenters. The summed E-state index contributed by atoms with van der Waals surface area (Å²) in [5.41, 5.74) is 1.29. The highest BCUT2D eigenvalue weighted by molar-refractivity contribution is 5.30. The molecule has 0 aromatic heterocycles. The van der Waals surface area contributed by atoms with Crippen molar-refractivity contribution in [2.45, 2.75) is 66.2 Å². The molecule has 0 saturated carbocycles. The van der Waals surface area contributed by atoms with Gasteiger partial charge in [-0.15, -0.1) is 0 Å². The molecule has 108 valence electrons. The smallest absolute Gasteiger partial charge is 0.120 e. The maximum absolute atomic E-state index is 5.76. The zero-order valence-corrected chi connectivity index (χ0v) is 13.2. The highest BCUT2D eigenvalue weighted by Gasteiger charge is 2.15. The van der Waals surface area contributed by atoms with Crippen LogP contribution in [0.3, 0.4) is 0 Å². The number of nitrogens with one attached hydrogen (secondary N) is 1. The second-order valence-electron chi connectivity index (χ2n) is 5.89. The van der Waals surface area contributed by atoms with Gasteiger partial charge < -0.3 is 10.1 Å². The van der Waals surface area contributed by atoms with E-state index in [-0.39, 0.29) is 6.10 Å². The number of rotatable bonds is 7. The van der Waals surface area contributed by atoms with Crippen LogP contribution in [0.15, 0.2) is 24.3 Å². The van der Waals surface area contributed by atoms with Gasteiger partial charge in [0.1, 0.15) is 5.75 Å². The normalized spacial score (nSPS) is 14.7. The van der Waals surface area contributed by atoms with Crippen LogP contribution in [0.2, 0.25) is 0 Å². The first-order valence-corrected chi connectivity index (χ1v) is 7.46. The van der Waals surface area contributed by atoms with Crippen LogP contribution in [-0.2, 0) is 0 Å². The summed E-state index contributed by atoms with van der Waals surface area (Å²) in [5.74, 6) is 1.61. The molecule has 2 nitrogen and oxygen atoms in total. The molecule has 1 N–H and O–H groups in total. The van der Waals surface area contributed by atoms with Crippen LogP contribution in [0.5, 0.6) is 5.75 Å². The third-order valence-corrected chi connectivity index (χ3v) is 3.44. The molecular formula is C17H29NO. The van der Waals surface area contributed by atoms with Gasteiger partial charge in [0.25, 0.3) is 0 Å². The standard InChI is InChI=1S/C17H29NO/c1-7-17(12(2)3)18-14(6)15-9-8-10-16(11-15)19-13(4)5/h8-14,17-18H,7H2,1-6H3. The molecule has 0 aliphatic carbocycles. The molecule has 0 aliphatic rings. The first kappa shape index (κ1) is 16.0. The van der Waals surface area contributed by atoms with Crippen molar-refractivity contribution in [2.75, 3.05) is 0 Å². The lowest BCUT2D eigenvalue weighted by Crippen LogP contribution is -2.35. The lowest BCUT2D eigenvalue weighted by molar-refractivity contribution is 0.242. The summed E-state index contributed by atoms with van der Waals surface area (Å²) >= 11 is 0. The van der Waals surface area contributed by atoms with Crippen LogP contribution < -0.4 is 10.1 Å². The molecule has 0 aliphatic heterocycles. The van der Waals surface area contributed by atoms with E-state index in [1.165, 1.54) is 5.56 Å². The topological polar surface area (TPSA) is 21.3 Å². The second kappa shape index (κ2) is 7.54. The largest absolute Gasteiger partial charge is 0.491 e. The Kier molecular flexibility index (Phi) is 6.36. The fourth-order valence-corrected chi connectivity index (χ4v) is 2.33. The van der Waals surface area contributed by atoms with Gasteiger partial charge in [-0.25, -0.2) is 0 Å². The van der Waals surface area contributed by atoms with Gasteiger partial charge in [0.15, 0.2) is 0 Å². The quantitative estimate of drug-likeness (QED) is 0.778. The minimum atomic E-state index is 0.220. The monoisotopic (exact) mass is 263 g/mol. The third-order valence-electron chi connectivity index (χ3n) is 3.44. The molecule has 1 rings (SSSR count). The first-order chi connectivity index (χ1) is 8.93. The summed E-state index contributed by atoms with van der Waals surface area (Å²) in [7, 11) is 0. The van der Waals surface area contributed by atoms with E-state index in [9.17, 15) is 0 Å². The highest BCUT2D eigenvalue weighted by atomic mass is 16.5. The molecule has 0 amide bonds. The molecule has 0 saturated heterocycles. The van der Waals surface area contributed by atoms with Crippen molar-refractivity contribution >= 4 is 0 Å². The number of ether oxygens (including phenoxy) is 1. The van der Waals surface area contributed by atoms with Gasteiger partial charge in [0.2, 0.25) is 0 Å². The summed E-state index contributed by atoms with van der Waals surface area (Å²) in [6.07, 6.45) is 1.38. The fraction of sp³-hybridized carbons (Fsp3) is 0.647. The highest BCUT2D eigenvalue weighted by Crippen LogP contribution is 2.21. The zero-order chi connectivity index (χ0) is 14.4. The van der Waals surface area contributed by atoms with E-state index in [0.29, 0.717) is 18.0 Å². The minimum Gasteiger partial charge on any atom is -0.491 e. The van der Waals surface area contributed by atoms with Gasteiger partial charge in [-0.2, -0.15) is 0 Å². The van der Waals surface area contributed by atoms with Crippen molar-refractivity contribution in [3.05, 3.63) is 29.8 Å². The summed E-state index contributed by atoms with van der Waals surface area (Å²) in [6, 6.07) is 9.31. The van der Waals surface area contributed by atoms with Crippen LogP contribution in [0, 0.1) is 5.92 Å². The average Bonchev–Trinajstić information content (AvgIpc) is 2.34. The Hall–Kier alpha value is -1.02. The van der Waals surface area contributed by atoms with E-state index in [0.717, 1.165) is 12.2 Å². The predicted molar refractivity (Wildman–Crippen MR) is 82.7 cm³/mol. The molecule has 0 radical (unpaired) electrons. The van der Waals surface area contributed by atoms with Crippen molar-refractivity contribution in [1.29, 1.82) is 0 Å². The number of hydrogen-bond donors (Lipinski definition) is 1. The SMILES string of the molecule is CCC(NC(C)c1cccc(OC(C)C)c1)C(C)C. The van der Waals surface area contributed by atoms with Crippen LogP contribution >= 0.6 is 0 Å². The molecule has 2 unspecified atom stereocenters. The van der Waals surface area contributed by atoms with Crippen LogP contribution in [-0.4, -0.2) is 12.1 Å². The fourth-order valence-electron chi connectivity index (χ4n) is 2.33. The number of hydrogen-bond acceptors (Lipinski definition) is 2. The van der Waals surface area contributed by atoms with Gasteiger partial charge in [0, 0.05) is 12.1 Å². The van der Waals surface area contributed by atoms with E-state index in [1.54, 1.807) is 0 Å². The Balaban J connectivity index is 2.73. The van der Waals surface area contributed by atoms with Crippen molar-refractivity contribution < 1.29 is 4.74 Å². The van der Waals surface area contributed by atoms with Crippen molar-refractivity contribution in [3.63, 3.8) is 0 Å². The number of benzene rings is 1. The molecule has 1 aromatic rings. The molecule has 19 heavy (non-hydrogen) atoms. The van der Waals surface area contributed by atoms with Crippen LogP contribution in [0.25, 0.3) is 0 Å². The van der Waals surface area contributed by atoms with E-state index in [1.807, 2.05) is 6.07 Å². The zero-order valence-electron chi connectivity index (χ0n) is 13.2. The Morgan fingerprint density at radius 2 is 1.79 bits per heavy atom. The van der Waals surface area contributed by atoms with Crippen LogP contribution in [0.4, 0.5) is 0 Å². The summed E-state index contributed by atoms with van der Waals surface area (Å²) in [5, 5.41) is 3.71. The summed E-state index contributed by atoms with van der Waals surface area (Å²) < 4.78 is 5.76. The van der Waals surface area contributed by atoms with Crippen molar-refractivity contribution in [2.24, 2.45) is 5.92 Å². The lowest BCUT2D eigenvalue weighted by atomic mass is 9.99. The Bertz CT molecular complexity index is 373. The maximum Gasteiger partial charge on any atom is 0.120 e. The van der Waals surface area contributed by atoms with Gasteiger partial charge in [-0.1, -0.05) is 32.9 Å². The first-order valence-electron chi connectivity index (χ1n) is 7.46. The van der Waals surface area contributed by atoms with Gasteiger partial charge in [-0.3, -0.25) is 0 Å². The lowest BCUT2D eigenvalue weighted by Gasteiger charge is -2.26. The van der Waals surface area contributed by atoms with E-state index < -0.39 is 0 Å². The molecule has 0 spiro atoms. The minimum absolute atomic E-state index is 0.220. The molecule has 2 heteroatoms. The van der Waals surface area contributed by atoms with E-state index in [4.69, 9.17) is 4.74 Å². The molecule has 1 aromatic carbocycles. The van der Waals surface area contributed by atoms with Crippen molar-refractivity contribution in [3.8, 4) is 5.75 Å². The molecule has 0 bridgehead atoms. The maximum atomic E-state index is 5.76. The molecule has 0 heterocycles. The third kappa shape index (κ3) is 5.23. The Morgan fingerprint density at radius 1 is 1.11 bits per heavy atom. The second-order valence-corrected chi connectivity index (χ2v) is 5.89. The van der Waals surface area contributed by atoms with E-state index >= 15 is 0 Å². The summed E-state index contributed by atoms with van der Waals surface area (Å²) in [4.78, 5) is 0.